The van der Waals surface area contributed by atoms with Crippen LogP contribution in [0.15, 0.2) is 42.2 Å². The fourth-order valence-electron chi connectivity index (χ4n) is 1.79. The van der Waals surface area contributed by atoms with E-state index in [1.165, 1.54) is 21.5 Å². The van der Waals surface area contributed by atoms with Crippen LogP contribution in [0.5, 0.6) is 0 Å². The molecule has 0 aliphatic heterocycles. The average Bonchev–Trinajstić information content (AvgIpc) is 2.83. The molecular weight excluding hydrogens is 204 g/mol. The van der Waals surface area contributed by atoms with Crippen molar-refractivity contribution in [2.75, 3.05) is 0 Å². The van der Waals surface area contributed by atoms with Crippen LogP contribution in [0.1, 0.15) is 5.69 Å². The second kappa shape index (κ2) is 3.21. The van der Waals surface area contributed by atoms with E-state index in [0.717, 1.165) is 0 Å². The van der Waals surface area contributed by atoms with Crippen LogP contribution in [0.3, 0.4) is 0 Å². The number of pyridine rings is 1. The van der Waals surface area contributed by atoms with Crippen LogP contribution < -0.4 is 0 Å². The van der Waals surface area contributed by atoms with E-state index in [4.69, 9.17) is 0 Å². The number of aryl methyl sites for hydroxylation is 1. The van der Waals surface area contributed by atoms with E-state index in [1.54, 1.807) is 11.3 Å². The monoisotopic (exact) mass is 214 g/mol. The Hall–Kier alpha value is -1.61. The van der Waals surface area contributed by atoms with Gasteiger partial charge >= 0.3 is 0 Å². The molecule has 0 aliphatic rings. The van der Waals surface area contributed by atoms with E-state index in [1.807, 2.05) is 12.4 Å². The zero-order chi connectivity index (χ0) is 10.3. The number of thiophene rings is 1. The molecule has 0 aromatic carbocycles. The van der Waals surface area contributed by atoms with E-state index in [0.29, 0.717) is 0 Å². The molecule has 0 amide bonds. The molecule has 0 fully saturated rings. The van der Waals surface area contributed by atoms with Gasteiger partial charge in [0.25, 0.3) is 0 Å². The molecule has 0 unspecified atom stereocenters. The van der Waals surface area contributed by atoms with Gasteiger partial charge in [-0.25, -0.2) is 0 Å². The quantitative estimate of drug-likeness (QED) is 0.607. The first-order valence-electron chi connectivity index (χ1n) is 4.82. The lowest BCUT2D eigenvalue weighted by atomic mass is 10.3. The molecule has 0 spiro atoms. The van der Waals surface area contributed by atoms with Crippen LogP contribution in [0.2, 0.25) is 0 Å². The lowest BCUT2D eigenvalue weighted by Gasteiger charge is -2.03. The predicted molar refractivity (Wildman–Crippen MR) is 63.7 cm³/mol. The number of nitrogens with zero attached hydrogens (tertiary/aromatic N) is 2. The molecule has 0 bridgehead atoms. The Morgan fingerprint density at radius 2 is 2.27 bits per heavy atom. The van der Waals surface area contributed by atoms with Crippen molar-refractivity contribution in [3.05, 3.63) is 47.9 Å². The Labute approximate surface area is 91.8 Å². The lowest BCUT2D eigenvalue weighted by Crippen LogP contribution is -1.92. The molecule has 2 nitrogen and oxygen atoms in total. The number of hydrogen-bond donors (Lipinski definition) is 0. The molecule has 0 atom stereocenters. The minimum absolute atomic E-state index is 1.24. The highest BCUT2D eigenvalue weighted by Gasteiger charge is 2.06. The van der Waals surface area contributed by atoms with E-state index < -0.39 is 0 Å². The Morgan fingerprint density at radius 3 is 3.07 bits per heavy atom. The third-order valence-corrected chi connectivity index (χ3v) is 3.49. The van der Waals surface area contributed by atoms with Crippen LogP contribution in [0.4, 0.5) is 0 Å². The van der Waals surface area contributed by atoms with Gasteiger partial charge in [0, 0.05) is 35.1 Å². The van der Waals surface area contributed by atoms with E-state index in [2.05, 4.69) is 46.3 Å². The first-order chi connectivity index (χ1) is 7.36. The Morgan fingerprint density at radius 1 is 1.33 bits per heavy atom. The van der Waals surface area contributed by atoms with Crippen molar-refractivity contribution in [2.24, 2.45) is 0 Å². The Balaban J connectivity index is 2.32. The third-order valence-electron chi connectivity index (χ3n) is 2.57. The van der Waals surface area contributed by atoms with Gasteiger partial charge in [0.05, 0.1) is 10.4 Å². The molecule has 3 aromatic rings. The Bertz CT molecular complexity index is 607. The second-order valence-electron chi connectivity index (χ2n) is 3.51. The molecule has 15 heavy (non-hydrogen) atoms. The molecule has 0 saturated carbocycles. The number of rotatable bonds is 1. The minimum atomic E-state index is 1.24. The fourth-order valence-corrected chi connectivity index (χ4v) is 2.69. The largest absolute Gasteiger partial charge is 0.320 e. The predicted octanol–water partition coefficient (Wildman–Crippen LogP) is 3.40. The maximum absolute atomic E-state index is 4.13. The van der Waals surface area contributed by atoms with Crippen molar-refractivity contribution >= 4 is 21.4 Å². The maximum Gasteiger partial charge on any atom is 0.0639 e. The van der Waals surface area contributed by atoms with Crippen molar-refractivity contribution in [3.63, 3.8) is 0 Å². The van der Waals surface area contributed by atoms with Gasteiger partial charge in [-0.2, -0.15) is 0 Å². The summed E-state index contributed by atoms with van der Waals surface area (Å²) in [6.07, 6.45) is 5.86. The molecule has 3 heterocycles. The van der Waals surface area contributed by atoms with Crippen LogP contribution in [-0.2, 0) is 0 Å². The summed E-state index contributed by atoms with van der Waals surface area (Å²) in [4.78, 5) is 4.13. The van der Waals surface area contributed by atoms with Gasteiger partial charge < -0.3 is 4.57 Å². The summed E-state index contributed by atoms with van der Waals surface area (Å²) in [5.41, 5.74) is 2.51. The van der Waals surface area contributed by atoms with Crippen molar-refractivity contribution in [3.8, 4) is 5.69 Å². The first kappa shape index (κ1) is 8.68. The van der Waals surface area contributed by atoms with Gasteiger partial charge in [0.15, 0.2) is 0 Å². The van der Waals surface area contributed by atoms with Gasteiger partial charge in [-0.15, -0.1) is 11.3 Å². The maximum atomic E-state index is 4.13. The number of hydrogen-bond acceptors (Lipinski definition) is 2. The number of fused-ring (bicyclic) bond motifs is 1. The number of aromatic nitrogens is 2. The van der Waals surface area contributed by atoms with Gasteiger partial charge in [-0.1, -0.05) is 0 Å². The van der Waals surface area contributed by atoms with Gasteiger partial charge in [-0.3, -0.25) is 4.98 Å². The van der Waals surface area contributed by atoms with Crippen molar-refractivity contribution < 1.29 is 0 Å². The smallest absolute Gasteiger partial charge is 0.0639 e. The van der Waals surface area contributed by atoms with Crippen LogP contribution >= 0.6 is 11.3 Å². The third kappa shape index (κ3) is 1.27. The SMILES string of the molecule is Cc1cccn1-c1csc2cnccc12. The highest BCUT2D eigenvalue weighted by atomic mass is 32.1. The molecule has 0 N–H and O–H groups in total. The summed E-state index contributed by atoms with van der Waals surface area (Å²) >= 11 is 1.74. The lowest BCUT2D eigenvalue weighted by molar-refractivity contribution is 1.03. The van der Waals surface area contributed by atoms with Gasteiger partial charge in [-0.05, 0) is 25.1 Å². The summed E-state index contributed by atoms with van der Waals surface area (Å²) in [6, 6.07) is 6.26. The van der Waals surface area contributed by atoms with E-state index in [9.17, 15) is 0 Å². The van der Waals surface area contributed by atoms with Crippen LogP contribution in [0.25, 0.3) is 15.8 Å². The molecule has 74 valence electrons. The normalized spacial score (nSPS) is 11.0. The topological polar surface area (TPSA) is 17.8 Å². The first-order valence-corrected chi connectivity index (χ1v) is 5.70. The second-order valence-corrected chi connectivity index (χ2v) is 4.42. The molecule has 0 radical (unpaired) electrons. The molecule has 0 saturated heterocycles. The highest BCUT2D eigenvalue weighted by molar-refractivity contribution is 7.17. The standard InChI is InChI=1S/C12H10N2S/c1-9-3-2-6-14(9)11-8-15-12-7-13-5-4-10(11)12/h2-8H,1H3. The van der Waals surface area contributed by atoms with E-state index in [-0.39, 0.29) is 0 Å². The van der Waals surface area contributed by atoms with Crippen molar-refractivity contribution in [1.29, 1.82) is 0 Å². The van der Waals surface area contributed by atoms with Gasteiger partial charge in [0.1, 0.15) is 0 Å². The van der Waals surface area contributed by atoms with E-state index >= 15 is 0 Å². The molecular formula is C12H10N2S. The van der Waals surface area contributed by atoms with Crippen LogP contribution in [0, 0.1) is 6.92 Å². The molecule has 3 aromatic heterocycles. The summed E-state index contributed by atoms with van der Waals surface area (Å²) in [6.45, 7) is 2.12. The van der Waals surface area contributed by atoms with Gasteiger partial charge in [0.2, 0.25) is 0 Å². The minimum Gasteiger partial charge on any atom is -0.320 e. The van der Waals surface area contributed by atoms with Crippen molar-refractivity contribution in [2.45, 2.75) is 6.92 Å². The molecule has 0 aliphatic carbocycles. The summed E-state index contributed by atoms with van der Waals surface area (Å²) < 4.78 is 3.44. The highest BCUT2D eigenvalue weighted by Crippen LogP contribution is 2.28. The summed E-state index contributed by atoms with van der Waals surface area (Å²) in [5, 5.41) is 3.45. The zero-order valence-electron chi connectivity index (χ0n) is 8.34. The van der Waals surface area contributed by atoms with Crippen LogP contribution in [-0.4, -0.2) is 9.55 Å². The molecule has 3 rings (SSSR count). The van der Waals surface area contributed by atoms with Crippen molar-refractivity contribution in [1.82, 2.24) is 9.55 Å². The molecule has 3 heteroatoms. The average molecular weight is 214 g/mol. The summed E-state index contributed by atoms with van der Waals surface area (Å²) in [7, 11) is 0. The Kier molecular flexibility index (Phi) is 1.86. The summed E-state index contributed by atoms with van der Waals surface area (Å²) in [5.74, 6) is 0. The zero-order valence-corrected chi connectivity index (χ0v) is 9.16. The fraction of sp³-hybridized carbons (Fsp3) is 0.0833.